The molecule has 0 radical (unpaired) electrons. The minimum absolute atomic E-state index is 0.757. The van der Waals surface area contributed by atoms with Crippen LogP contribution in [-0.4, -0.2) is 60.2 Å². The predicted molar refractivity (Wildman–Crippen MR) is 130 cm³/mol. The summed E-state index contributed by atoms with van der Waals surface area (Å²) in [6, 6.07) is 0.954. The Balaban J connectivity index is 4.42. The summed E-state index contributed by atoms with van der Waals surface area (Å²) in [6.07, 6.45) is 4.26. The summed E-state index contributed by atoms with van der Waals surface area (Å²) in [7, 11) is -7.83. The Hall–Kier alpha value is 0.668. The van der Waals surface area contributed by atoms with Gasteiger partial charge in [0, 0.05) is 26.4 Å². The van der Waals surface area contributed by atoms with Crippen molar-refractivity contribution in [1.82, 2.24) is 0 Å². The molecule has 170 valence electrons. The molecule has 0 bridgehead atoms. The summed E-state index contributed by atoms with van der Waals surface area (Å²) in [5, 5.41) is 0. The lowest BCUT2D eigenvalue weighted by atomic mass is 10.4. The van der Waals surface area contributed by atoms with E-state index in [1.807, 2.05) is 0 Å². The van der Waals surface area contributed by atoms with Crippen molar-refractivity contribution >= 4 is 33.8 Å². The van der Waals surface area contributed by atoms with Crippen molar-refractivity contribution in [3.8, 4) is 0 Å². The summed E-state index contributed by atoms with van der Waals surface area (Å²) in [4.78, 5) is 0. The van der Waals surface area contributed by atoms with E-state index in [1.54, 1.807) is 0 Å². The molecule has 1 atom stereocenters. The van der Waals surface area contributed by atoms with Gasteiger partial charge in [0.05, 0.1) is 0 Å². The van der Waals surface area contributed by atoms with Crippen molar-refractivity contribution in [2.24, 2.45) is 0 Å². The first-order valence-corrected chi connectivity index (χ1v) is 23.1. The summed E-state index contributed by atoms with van der Waals surface area (Å²) in [5.41, 5.74) is 0. The second-order valence-electron chi connectivity index (χ2n) is 10.1. The van der Waals surface area contributed by atoms with Crippen LogP contribution in [0.25, 0.3) is 0 Å². The van der Waals surface area contributed by atoms with Crippen LogP contribution in [0.1, 0.15) is 32.6 Å². The molecular weight excluding hydrogens is 421 g/mol. The van der Waals surface area contributed by atoms with Crippen molar-refractivity contribution in [2.45, 2.75) is 97.6 Å². The van der Waals surface area contributed by atoms with E-state index in [-0.39, 0.29) is 0 Å². The van der Waals surface area contributed by atoms with Crippen LogP contribution in [0.15, 0.2) is 0 Å². The van der Waals surface area contributed by atoms with Gasteiger partial charge in [0.15, 0.2) is 16.6 Å². The maximum atomic E-state index is 6.69. The third-order valence-electron chi connectivity index (χ3n) is 3.67. The quantitative estimate of drug-likeness (QED) is 0.191. The second kappa shape index (κ2) is 13.2. The molecule has 0 fully saturated rings. The Morgan fingerprint density at radius 2 is 1.00 bits per heavy atom. The molecule has 0 aromatic rings. The van der Waals surface area contributed by atoms with Crippen molar-refractivity contribution in [3.05, 3.63) is 0 Å². The van der Waals surface area contributed by atoms with Crippen molar-refractivity contribution in [1.29, 1.82) is 0 Å². The lowest BCUT2D eigenvalue weighted by molar-refractivity contribution is 0.0813. The molecule has 0 rings (SSSR count). The zero-order chi connectivity index (χ0) is 21.9. The van der Waals surface area contributed by atoms with Gasteiger partial charge < -0.3 is 21.8 Å². The number of hydrogen-bond donors (Lipinski definition) is 0. The van der Waals surface area contributed by atoms with Crippen LogP contribution >= 0.6 is 0 Å². The molecule has 0 amide bonds. The van der Waals surface area contributed by atoms with Gasteiger partial charge in [-0.05, 0) is 84.2 Å². The maximum absolute atomic E-state index is 6.69. The number of ether oxygens (including phenoxy) is 2. The fourth-order valence-corrected chi connectivity index (χ4v) is 21.2. The highest BCUT2D eigenvalue weighted by Crippen LogP contribution is 2.27. The monoisotopic (exact) mass is 468 g/mol. The van der Waals surface area contributed by atoms with Crippen LogP contribution in [0, 0.1) is 0 Å². The molecule has 5 nitrogen and oxygen atoms in total. The minimum atomic E-state index is -2.29. The second-order valence-corrected chi connectivity index (χ2v) is 26.6. The van der Waals surface area contributed by atoms with E-state index in [1.165, 1.54) is 6.42 Å². The maximum Gasteiger partial charge on any atom is 0.315 e. The van der Waals surface area contributed by atoms with Crippen LogP contribution in [0.2, 0.25) is 65.0 Å². The van der Waals surface area contributed by atoms with E-state index in [0.717, 1.165) is 51.7 Å². The van der Waals surface area contributed by atoms with Gasteiger partial charge in [-0.2, -0.15) is 0 Å². The first kappa shape index (κ1) is 28.7. The molecule has 0 aliphatic heterocycles. The Bertz CT molecular complexity index is 410. The first-order valence-electron chi connectivity index (χ1n) is 10.9. The third-order valence-corrected chi connectivity index (χ3v) is 17.2. The van der Waals surface area contributed by atoms with E-state index >= 15 is 0 Å². The fraction of sp³-hybridized carbons (Fsp3) is 1.00. The summed E-state index contributed by atoms with van der Waals surface area (Å²) < 4.78 is 31.1. The van der Waals surface area contributed by atoms with Crippen molar-refractivity contribution < 1.29 is 21.8 Å². The van der Waals surface area contributed by atoms with E-state index in [9.17, 15) is 0 Å². The van der Waals surface area contributed by atoms with Gasteiger partial charge in [0.25, 0.3) is 0 Å². The molecule has 0 saturated carbocycles. The van der Waals surface area contributed by atoms with E-state index < -0.39 is 33.8 Å². The molecule has 1 unspecified atom stereocenters. The van der Waals surface area contributed by atoms with Crippen LogP contribution in [-0.2, 0) is 21.8 Å². The number of hydrogen-bond acceptors (Lipinski definition) is 5. The topological polar surface area (TPSA) is 46.2 Å². The fourth-order valence-electron chi connectivity index (χ4n) is 3.26. The SMILES string of the molecule is CCCCOCCCOCCC[Si](C)(O[Si](C)(C)C)O[Si](C)(C)O[Si](C)(C)C. The Morgan fingerprint density at radius 1 is 0.536 bits per heavy atom. The molecule has 0 heterocycles. The molecule has 0 spiro atoms. The van der Waals surface area contributed by atoms with Gasteiger partial charge in [-0.1, -0.05) is 13.3 Å². The van der Waals surface area contributed by atoms with Crippen molar-refractivity contribution in [2.75, 3.05) is 26.4 Å². The van der Waals surface area contributed by atoms with Crippen LogP contribution in [0.3, 0.4) is 0 Å². The molecule has 0 saturated heterocycles. The molecule has 9 heteroatoms. The molecule has 0 aromatic carbocycles. The average Bonchev–Trinajstić information content (AvgIpc) is 2.43. The van der Waals surface area contributed by atoms with Gasteiger partial charge >= 0.3 is 17.1 Å². The summed E-state index contributed by atoms with van der Waals surface area (Å²) in [5.74, 6) is 0. The van der Waals surface area contributed by atoms with E-state index in [4.69, 9.17) is 21.8 Å². The normalized spacial score (nSPS) is 15.6. The Labute approximate surface area is 179 Å². The smallest absolute Gasteiger partial charge is 0.315 e. The highest BCUT2D eigenvalue weighted by atomic mass is 28.5. The van der Waals surface area contributed by atoms with Gasteiger partial charge in [0.1, 0.15) is 0 Å². The van der Waals surface area contributed by atoms with Gasteiger partial charge in [-0.3, -0.25) is 0 Å². The Kier molecular flexibility index (Phi) is 13.5. The highest BCUT2D eigenvalue weighted by molar-refractivity contribution is 6.89. The molecule has 0 aromatic heterocycles. The first-order chi connectivity index (χ1) is 12.7. The van der Waals surface area contributed by atoms with E-state index in [0.29, 0.717) is 0 Å². The number of rotatable bonds is 17. The molecule has 0 N–H and O–H groups in total. The molecule has 0 aliphatic carbocycles. The summed E-state index contributed by atoms with van der Waals surface area (Å²) in [6.45, 7) is 25.3. The lowest BCUT2D eigenvalue weighted by Gasteiger charge is -2.41. The molecule has 0 aliphatic rings. The van der Waals surface area contributed by atoms with E-state index in [2.05, 4.69) is 65.8 Å². The predicted octanol–water partition coefficient (Wildman–Crippen LogP) is 6.09. The van der Waals surface area contributed by atoms with Gasteiger partial charge in [-0.25, -0.2) is 0 Å². The zero-order valence-corrected chi connectivity index (χ0v) is 24.4. The molecular formula is C19H48O5Si4. The van der Waals surface area contributed by atoms with Crippen LogP contribution in [0.5, 0.6) is 0 Å². The summed E-state index contributed by atoms with van der Waals surface area (Å²) >= 11 is 0. The zero-order valence-electron chi connectivity index (χ0n) is 20.4. The van der Waals surface area contributed by atoms with Crippen LogP contribution < -0.4 is 0 Å². The highest BCUT2D eigenvalue weighted by Gasteiger charge is 2.44. The van der Waals surface area contributed by atoms with Crippen molar-refractivity contribution in [3.63, 3.8) is 0 Å². The average molecular weight is 469 g/mol. The Morgan fingerprint density at radius 3 is 1.46 bits per heavy atom. The largest absolute Gasteiger partial charge is 0.437 e. The van der Waals surface area contributed by atoms with Crippen LogP contribution in [0.4, 0.5) is 0 Å². The standard InChI is InChI=1S/C19H48O5Si4/c1-11-12-15-20-16-13-17-21-18-14-19-28(10,23-26(5,6)7)24-27(8,9)22-25(2,3)4/h11-19H2,1-10H3. The third kappa shape index (κ3) is 17.5. The minimum Gasteiger partial charge on any atom is -0.437 e. The van der Waals surface area contributed by atoms with Gasteiger partial charge in [0.2, 0.25) is 0 Å². The number of unbranched alkanes of at least 4 members (excludes halogenated alkanes) is 1. The lowest BCUT2D eigenvalue weighted by Crippen LogP contribution is -2.56. The van der Waals surface area contributed by atoms with Gasteiger partial charge in [-0.15, -0.1) is 0 Å². The molecule has 28 heavy (non-hydrogen) atoms.